The first-order valence-electron chi connectivity index (χ1n) is 9.52. The molecular weight excluding hydrogens is 296 g/mol. The van der Waals surface area contributed by atoms with Crippen molar-refractivity contribution in [2.75, 3.05) is 24.6 Å². The van der Waals surface area contributed by atoms with Crippen LogP contribution in [0.15, 0.2) is 30.5 Å². The average Bonchev–Trinajstić information content (AvgIpc) is 3.14. The largest absolute Gasteiger partial charge is 0.378 e. The highest BCUT2D eigenvalue weighted by molar-refractivity contribution is 5.93. The third-order valence-electron chi connectivity index (χ3n) is 5.77. The molecule has 0 spiro atoms. The molecule has 0 unspecified atom stereocenters. The van der Waals surface area contributed by atoms with Crippen LogP contribution in [0.1, 0.15) is 44.1 Å². The molecule has 1 saturated carbocycles. The molecule has 4 rings (SSSR count). The molecule has 3 heteroatoms. The number of aromatic nitrogens is 1. The first-order chi connectivity index (χ1) is 11.8. The number of rotatable bonds is 4. The van der Waals surface area contributed by atoms with E-state index in [9.17, 15) is 0 Å². The standard InChI is InChI=1S/C21H28N2O/c1-16-5-4-8-19-20(9-12-22-21(16)19)23-13-10-18(11-14-23)24-15-17-6-2-3-7-17/h4-5,8-9,12,17-18H,2-3,6-7,10-11,13-15H2,1H3. The van der Waals surface area contributed by atoms with Crippen LogP contribution in [-0.4, -0.2) is 30.8 Å². The van der Waals surface area contributed by atoms with Crippen LogP contribution < -0.4 is 4.90 Å². The van der Waals surface area contributed by atoms with Crippen molar-refractivity contribution in [2.45, 2.75) is 51.6 Å². The van der Waals surface area contributed by atoms with Gasteiger partial charge in [0, 0.05) is 37.0 Å². The molecular formula is C21H28N2O. The highest BCUT2D eigenvalue weighted by Gasteiger charge is 2.23. The first kappa shape index (κ1) is 15.9. The van der Waals surface area contributed by atoms with E-state index in [1.54, 1.807) is 0 Å². The number of pyridine rings is 1. The number of ether oxygens (including phenoxy) is 1. The molecule has 0 N–H and O–H groups in total. The SMILES string of the molecule is Cc1cccc2c(N3CCC(OCC4CCCC4)CC3)ccnc12. The van der Waals surface area contributed by atoms with E-state index in [1.165, 1.54) is 42.3 Å². The number of anilines is 1. The van der Waals surface area contributed by atoms with Gasteiger partial charge in [0.1, 0.15) is 0 Å². The van der Waals surface area contributed by atoms with E-state index in [0.717, 1.165) is 44.0 Å². The zero-order valence-electron chi connectivity index (χ0n) is 14.7. The summed E-state index contributed by atoms with van der Waals surface area (Å²) in [5.74, 6) is 0.829. The summed E-state index contributed by atoms with van der Waals surface area (Å²) >= 11 is 0. The van der Waals surface area contributed by atoms with Crippen molar-refractivity contribution in [3.63, 3.8) is 0 Å². The van der Waals surface area contributed by atoms with Crippen LogP contribution in [0.2, 0.25) is 0 Å². The fraction of sp³-hybridized carbons (Fsp3) is 0.571. The maximum absolute atomic E-state index is 6.22. The van der Waals surface area contributed by atoms with Crippen molar-refractivity contribution in [2.24, 2.45) is 5.92 Å². The molecule has 3 nitrogen and oxygen atoms in total. The maximum atomic E-state index is 6.22. The van der Waals surface area contributed by atoms with E-state index in [-0.39, 0.29) is 0 Å². The monoisotopic (exact) mass is 324 g/mol. The summed E-state index contributed by atoms with van der Waals surface area (Å²) in [5.41, 5.74) is 3.72. The van der Waals surface area contributed by atoms with E-state index in [1.807, 2.05) is 6.20 Å². The molecule has 24 heavy (non-hydrogen) atoms. The van der Waals surface area contributed by atoms with Crippen molar-refractivity contribution < 1.29 is 4.74 Å². The van der Waals surface area contributed by atoms with Gasteiger partial charge in [-0.1, -0.05) is 31.0 Å². The average molecular weight is 324 g/mol. The number of hydrogen-bond acceptors (Lipinski definition) is 3. The van der Waals surface area contributed by atoms with Gasteiger partial charge in [0.2, 0.25) is 0 Å². The maximum Gasteiger partial charge on any atom is 0.0751 e. The Bertz CT molecular complexity index is 685. The first-order valence-corrected chi connectivity index (χ1v) is 9.52. The second-order valence-corrected chi connectivity index (χ2v) is 7.47. The number of fused-ring (bicyclic) bond motifs is 1. The van der Waals surface area contributed by atoms with Crippen molar-refractivity contribution in [1.29, 1.82) is 0 Å². The predicted octanol–water partition coefficient (Wildman–Crippen LogP) is 4.72. The number of benzene rings is 1. The van der Waals surface area contributed by atoms with Crippen molar-refractivity contribution in [1.82, 2.24) is 4.98 Å². The molecule has 0 bridgehead atoms. The summed E-state index contributed by atoms with van der Waals surface area (Å²) in [6.45, 7) is 5.30. The van der Waals surface area contributed by atoms with Gasteiger partial charge in [-0.15, -0.1) is 0 Å². The van der Waals surface area contributed by atoms with Crippen molar-refractivity contribution >= 4 is 16.6 Å². The van der Waals surface area contributed by atoms with Crippen LogP contribution in [0.4, 0.5) is 5.69 Å². The minimum atomic E-state index is 0.455. The summed E-state index contributed by atoms with van der Waals surface area (Å²) in [7, 11) is 0. The summed E-state index contributed by atoms with van der Waals surface area (Å²) < 4.78 is 6.22. The Kier molecular flexibility index (Phi) is 4.70. The summed E-state index contributed by atoms with van der Waals surface area (Å²) in [6.07, 6.45) is 10.2. The zero-order chi connectivity index (χ0) is 16.4. The van der Waals surface area contributed by atoms with Gasteiger partial charge >= 0.3 is 0 Å². The predicted molar refractivity (Wildman–Crippen MR) is 99.6 cm³/mol. The number of hydrogen-bond donors (Lipinski definition) is 0. The second-order valence-electron chi connectivity index (χ2n) is 7.47. The smallest absolute Gasteiger partial charge is 0.0751 e. The van der Waals surface area contributed by atoms with Gasteiger partial charge in [-0.2, -0.15) is 0 Å². The fourth-order valence-corrected chi connectivity index (χ4v) is 4.30. The fourth-order valence-electron chi connectivity index (χ4n) is 4.30. The second kappa shape index (κ2) is 7.10. The lowest BCUT2D eigenvalue weighted by molar-refractivity contribution is 0.0165. The van der Waals surface area contributed by atoms with E-state index in [2.05, 4.69) is 41.1 Å². The Hall–Kier alpha value is -1.61. The van der Waals surface area contributed by atoms with Gasteiger partial charge in [-0.3, -0.25) is 4.98 Å². The Balaban J connectivity index is 1.40. The van der Waals surface area contributed by atoms with Gasteiger partial charge in [-0.25, -0.2) is 0 Å². The minimum absolute atomic E-state index is 0.455. The van der Waals surface area contributed by atoms with E-state index < -0.39 is 0 Å². The van der Waals surface area contributed by atoms with Crippen LogP contribution in [0.25, 0.3) is 10.9 Å². The van der Waals surface area contributed by atoms with E-state index in [4.69, 9.17) is 4.74 Å². The molecule has 2 fully saturated rings. The normalized spacial score (nSPS) is 20.1. The number of aryl methyl sites for hydroxylation is 1. The Morgan fingerprint density at radius 2 is 1.88 bits per heavy atom. The number of para-hydroxylation sites is 1. The van der Waals surface area contributed by atoms with Gasteiger partial charge in [-0.05, 0) is 50.2 Å². The number of piperidine rings is 1. The summed E-state index contributed by atoms with van der Waals surface area (Å²) in [4.78, 5) is 7.09. The van der Waals surface area contributed by atoms with Crippen LogP contribution in [0.5, 0.6) is 0 Å². The third-order valence-corrected chi connectivity index (χ3v) is 5.77. The highest BCUT2D eigenvalue weighted by Crippen LogP contribution is 2.30. The molecule has 1 aliphatic heterocycles. The minimum Gasteiger partial charge on any atom is -0.378 e. The van der Waals surface area contributed by atoms with E-state index in [0.29, 0.717) is 6.10 Å². The summed E-state index contributed by atoms with van der Waals surface area (Å²) in [6, 6.07) is 8.65. The molecule has 0 atom stereocenters. The molecule has 2 aromatic rings. The van der Waals surface area contributed by atoms with Gasteiger partial charge in [0.25, 0.3) is 0 Å². The van der Waals surface area contributed by atoms with Crippen LogP contribution >= 0.6 is 0 Å². The molecule has 128 valence electrons. The summed E-state index contributed by atoms with van der Waals surface area (Å²) in [5, 5.41) is 1.28. The highest BCUT2D eigenvalue weighted by atomic mass is 16.5. The third kappa shape index (κ3) is 3.27. The van der Waals surface area contributed by atoms with Crippen LogP contribution in [0, 0.1) is 12.8 Å². The molecule has 1 aromatic carbocycles. The molecule has 2 aliphatic rings. The van der Waals surface area contributed by atoms with Crippen LogP contribution in [-0.2, 0) is 4.74 Å². The lowest BCUT2D eigenvalue weighted by atomic mass is 10.0. The molecule has 0 amide bonds. The lowest BCUT2D eigenvalue weighted by Gasteiger charge is -2.34. The molecule has 1 aliphatic carbocycles. The molecule has 1 saturated heterocycles. The van der Waals surface area contributed by atoms with E-state index >= 15 is 0 Å². The number of nitrogens with zero attached hydrogens (tertiary/aromatic N) is 2. The molecule has 2 heterocycles. The quantitative estimate of drug-likeness (QED) is 0.814. The van der Waals surface area contributed by atoms with Crippen molar-refractivity contribution in [3.8, 4) is 0 Å². The molecule has 1 aromatic heterocycles. The van der Waals surface area contributed by atoms with Crippen molar-refractivity contribution in [3.05, 3.63) is 36.0 Å². The Morgan fingerprint density at radius 3 is 2.67 bits per heavy atom. The Labute approximate surface area is 145 Å². The Morgan fingerprint density at radius 1 is 1.08 bits per heavy atom. The van der Waals surface area contributed by atoms with Crippen LogP contribution in [0.3, 0.4) is 0 Å². The molecule has 0 radical (unpaired) electrons. The topological polar surface area (TPSA) is 25.4 Å². The van der Waals surface area contributed by atoms with Gasteiger partial charge in [0.05, 0.1) is 11.6 Å². The van der Waals surface area contributed by atoms with Gasteiger partial charge in [0.15, 0.2) is 0 Å². The zero-order valence-corrected chi connectivity index (χ0v) is 14.7. The lowest BCUT2D eigenvalue weighted by Crippen LogP contribution is -2.37. The van der Waals surface area contributed by atoms with Gasteiger partial charge < -0.3 is 9.64 Å².